The van der Waals surface area contributed by atoms with Gasteiger partial charge in [-0.25, -0.2) is 9.31 Å². The van der Waals surface area contributed by atoms with E-state index >= 15 is 0 Å². The molecular formula is C59H35N3O5. The summed E-state index contributed by atoms with van der Waals surface area (Å²) in [6.45, 7) is 2.15. The van der Waals surface area contributed by atoms with E-state index in [-0.39, 0.29) is 0 Å². The standard InChI is InChI=1S/C59H35N3O5/c1-34-11-19-51-45(27-34)46-28-35(12-20-52(46)61(51)39-7-3-2-4-8-39)37-14-23-56-49(30-37)50-31-38(15-24-57(50)66-56)36-13-22-55-48(29-36)44-18-16-41(33-58(44)67-55)65-59(63)64-40-17-21-53-47(32-40)42-9-5-6-10-43(42)54-25-26-60-62(53)54/h2-33H,1H3. The molecule has 0 saturated heterocycles. The Morgan fingerprint density at radius 1 is 0.418 bits per heavy atom. The zero-order chi connectivity index (χ0) is 44.3. The molecule has 14 aromatic rings. The quantitative estimate of drug-likeness (QED) is 0.0973. The van der Waals surface area contributed by atoms with E-state index < -0.39 is 6.16 Å². The van der Waals surface area contributed by atoms with Gasteiger partial charge >= 0.3 is 6.16 Å². The highest BCUT2D eigenvalue weighted by Gasteiger charge is 2.18. The summed E-state index contributed by atoms with van der Waals surface area (Å²) < 4.78 is 28.3. The van der Waals surface area contributed by atoms with Gasteiger partial charge in [-0.2, -0.15) is 5.10 Å². The summed E-state index contributed by atoms with van der Waals surface area (Å²) in [6, 6.07) is 64.1. The Hall–Kier alpha value is -9.14. The van der Waals surface area contributed by atoms with Gasteiger partial charge in [-0.1, -0.05) is 78.4 Å². The molecule has 8 nitrogen and oxygen atoms in total. The van der Waals surface area contributed by atoms with Crippen LogP contribution < -0.4 is 9.47 Å². The van der Waals surface area contributed by atoms with Gasteiger partial charge in [0.05, 0.1) is 28.3 Å². The first-order valence-electron chi connectivity index (χ1n) is 22.2. The van der Waals surface area contributed by atoms with Crippen LogP contribution in [0.15, 0.2) is 203 Å². The van der Waals surface area contributed by atoms with Gasteiger partial charge in [-0.15, -0.1) is 0 Å². The number of aromatic nitrogens is 3. The van der Waals surface area contributed by atoms with Crippen molar-refractivity contribution in [1.82, 2.24) is 14.2 Å². The van der Waals surface area contributed by atoms with E-state index in [2.05, 4.69) is 144 Å². The number of aryl methyl sites for hydroxylation is 1. The molecule has 0 amide bonds. The van der Waals surface area contributed by atoms with Crippen molar-refractivity contribution in [2.24, 2.45) is 0 Å². The first-order valence-corrected chi connectivity index (χ1v) is 22.2. The van der Waals surface area contributed by atoms with Crippen molar-refractivity contribution >= 4 is 99.0 Å². The number of furan rings is 2. The lowest BCUT2D eigenvalue weighted by atomic mass is 9.98. The fourth-order valence-corrected chi connectivity index (χ4v) is 10.1. The molecule has 0 atom stereocenters. The minimum absolute atomic E-state index is 0.312. The van der Waals surface area contributed by atoms with Gasteiger partial charge in [-0.3, -0.25) is 0 Å². The smallest absolute Gasteiger partial charge is 0.456 e. The summed E-state index contributed by atoms with van der Waals surface area (Å²) in [7, 11) is 0. The lowest BCUT2D eigenvalue weighted by Crippen LogP contribution is -2.13. The lowest BCUT2D eigenvalue weighted by molar-refractivity contribution is 0.152. The minimum Gasteiger partial charge on any atom is -0.456 e. The van der Waals surface area contributed by atoms with Crippen LogP contribution in [-0.4, -0.2) is 20.3 Å². The number of benzene rings is 9. The SMILES string of the molecule is Cc1ccc2c(c1)c1cc(-c3ccc4oc5ccc(-c6ccc7oc8cc(OC(=O)Oc9ccc%10c(c9)c9ccccc9c9ccnn9%10)ccc8c7c6)cc5c4c3)ccc1n2-c1ccccc1. The van der Waals surface area contributed by atoms with Crippen LogP contribution in [0, 0.1) is 6.92 Å². The minimum atomic E-state index is -0.848. The molecule has 9 aromatic carbocycles. The molecule has 67 heavy (non-hydrogen) atoms. The average Bonchev–Trinajstić information content (AvgIpc) is 4.16. The number of pyridine rings is 1. The van der Waals surface area contributed by atoms with Gasteiger partial charge in [-0.05, 0) is 144 Å². The number of para-hydroxylation sites is 1. The second-order valence-corrected chi connectivity index (χ2v) is 17.2. The van der Waals surface area contributed by atoms with Crippen LogP contribution in [0.4, 0.5) is 4.79 Å². The third kappa shape index (κ3) is 5.86. The molecule has 0 fully saturated rings. The van der Waals surface area contributed by atoms with Crippen LogP contribution in [0.2, 0.25) is 0 Å². The zero-order valence-electron chi connectivity index (χ0n) is 35.9. The number of hydrogen-bond donors (Lipinski definition) is 0. The molecule has 0 spiro atoms. The molecule has 0 saturated carbocycles. The van der Waals surface area contributed by atoms with Crippen molar-refractivity contribution in [2.75, 3.05) is 0 Å². The van der Waals surface area contributed by atoms with Gasteiger partial charge in [0.15, 0.2) is 0 Å². The molecule has 0 aliphatic heterocycles. The van der Waals surface area contributed by atoms with Crippen molar-refractivity contribution < 1.29 is 23.1 Å². The van der Waals surface area contributed by atoms with Crippen LogP contribution in [0.3, 0.4) is 0 Å². The molecule has 0 aliphatic rings. The van der Waals surface area contributed by atoms with Gasteiger partial charge in [0.2, 0.25) is 0 Å². The number of nitrogens with zero attached hydrogens (tertiary/aromatic N) is 3. The number of rotatable bonds is 5. The Morgan fingerprint density at radius 2 is 0.940 bits per heavy atom. The Kier molecular flexibility index (Phi) is 7.88. The van der Waals surface area contributed by atoms with Gasteiger partial charge in [0, 0.05) is 54.8 Å². The molecule has 316 valence electrons. The molecular weight excluding hydrogens is 831 g/mol. The number of ether oxygens (including phenoxy) is 2. The Labute approximate surface area is 381 Å². The zero-order valence-corrected chi connectivity index (χ0v) is 35.9. The summed E-state index contributed by atoms with van der Waals surface area (Å²) >= 11 is 0. The van der Waals surface area contributed by atoms with E-state index in [1.807, 2.05) is 47.0 Å². The first-order chi connectivity index (χ1) is 33.0. The third-order valence-electron chi connectivity index (χ3n) is 13.2. The molecule has 0 bridgehead atoms. The summed E-state index contributed by atoms with van der Waals surface area (Å²) in [5.74, 6) is 0.678. The maximum absolute atomic E-state index is 13.2. The van der Waals surface area contributed by atoms with Crippen LogP contribution in [-0.2, 0) is 0 Å². The largest absolute Gasteiger partial charge is 0.519 e. The van der Waals surface area contributed by atoms with E-state index in [1.54, 1.807) is 24.4 Å². The van der Waals surface area contributed by atoms with E-state index in [0.29, 0.717) is 17.1 Å². The molecule has 0 radical (unpaired) electrons. The molecule has 0 unspecified atom stereocenters. The summed E-state index contributed by atoms with van der Waals surface area (Å²) in [4.78, 5) is 13.2. The topological polar surface area (TPSA) is 84.0 Å². The lowest BCUT2D eigenvalue weighted by Gasteiger charge is -2.10. The van der Waals surface area contributed by atoms with Crippen molar-refractivity contribution in [2.45, 2.75) is 6.92 Å². The molecule has 0 N–H and O–H groups in total. The van der Waals surface area contributed by atoms with Crippen LogP contribution >= 0.6 is 0 Å². The highest BCUT2D eigenvalue weighted by atomic mass is 16.7. The van der Waals surface area contributed by atoms with E-state index in [4.69, 9.17) is 18.3 Å². The monoisotopic (exact) mass is 865 g/mol. The molecule has 5 heterocycles. The molecule has 14 rings (SSSR count). The maximum atomic E-state index is 13.2. The van der Waals surface area contributed by atoms with Crippen molar-refractivity contribution in [3.8, 4) is 39.4 Å². The Balaban J connectivity index is 0.764. The van der Waals surface area contributed by atoms with Crippen LogP contribution in [0.5, 0.6) is 11.5 Å². The van der Waals surface area contributed by atoms with Crippen molar-refractivity contribution in [3.05, 3.63) is 200 Å². The summed E-state index contributed by atoms with van der Waals surface area (Å²) in [5, 5.41) is 14.0. The Morgan fingerprint density at radius 3 is 1.66 bits per heavy atom. The number of fused-ring (bicyclic) bond motifs is 15. The Bertz CT molecular complexity index is 4380. The summed E-state index contributed by atoms with van der Waals surface area (Å²) in [6.07, 6.45) is 0.938. The molecule has 8 heteroatoms. The number of carbonyl (C=O) groups excluding carboxylic acids is 1. The van der Waals surface area contributed by atoms with E-state index in [1.165, 1.54) is 27.4 Å². The second kappa shape index (κ2) is 14.2. The maximum Gasteiger partial charge on any atom is 0.519 e. The van der Waals surface area contributed by atoms with Crippen molar-refractivity contribution in [1.29, 1.82) is 0 Å². The summed E-state index contributed by atoms with van der Waals surface area (Å²) in [5.41, 5.74) is 14.0. The highest BCUT2D eigenvalue weighted by Crippen LogP contribution is 2.40. The van der Waals surface area contributed by atoms with E-state index in [9.17, 15) is 4.79 Å². The van der Waals surface area contributed by atoms with Gasteiger partial charge in [0.25, 0.3) is 0 Å². The predicted molar refractivity (Wildman–Crippen MR) is 268 cm³/mol. The van der Waals surface area contributed by atoms with E-state index in [0.717, 1.165) is 93.4 Å². The van der Waals surface area contributed by atoms with Crippen LogP contribution in [0.25, 0.3) is 121 Å². The third-order valence-corrected chi connectivity index (χ3v) is 13.2. The van der Waals surface area contributed by atoms with Gasteiger partial charge < -0.3 is 22.9 Å². The number of hydrogen-bond acceptors (Lipinski definition) is 6. The van der Waals surface area contributed by atoms with Crippen molar-refractivity contribution in [3.63, 3.8) is 0 Å². The second-order valence-electron chi connectivity index (χ2n) is 17.2. The average molecular weight is 866 g/mol. The highest BCUT2D eigenvalue weighted by molar-refractivity contribution is 6.14. The fourth-order valence-electron chi connectivity index (χ4n) is 10.1. The molecule has 5 aromatic heterocycles. The number of carbonyl (C=O) groups is 1. The normalized spacial score (nSPS) is 12.0. The molecule has 0 aliphatic carbocycles. The van der Waals surface area contributed by atoms with Crippen LogP contribution in [0.1, 0.15) is 5.56 Å². The predicted octanol–water partition coefficient (Wildman–Crippen LogP) is 15.8. The first kappa shape index (κ1) is 37.3. The van der Waals surface area contributed by atoms with Gasteiger partial charge in [0.1, 0.15) is 33.8 Å². The fraction of sp³-hybridized carbons (Fsp3) is 0.0169.